The Kier molecular flexibility index (Phi) is 5.23. The fourth-order valence-corrected chi connectivity index (χ4v) is 4.20. The Balaban J connectivity index is 1.35. The summed E-state index contributed by atoms with van der Waals surface area (Å²) in [6.45, 7) is 3.06. The Hall–Kier alpha value is -1.91. The molecule has 0 aromatic heterocycles. The third-order valence-corrected chi connectivity index (χ3v) is 5.79. The number of piperidine rings is 1. The number of amides is 1. The van der Waals surface area contributed by atoms with E-state index in [4.69, 9.17) is 10.5 Å². The zero-order valence-electron chi connectivity index (χ0n) is 15.3. The summed E-state index contributed by atoms with van der Waals surface area (Å²) in [7, 11) is 0. The van der Waals surface area contributed by atoms with E-state index in [1.807, 2.05) is 0 Å². The molecule has 2 aromatic carbocycles. The number of carbonyl (C=O) groups excluding carboxylic acids is 1. The molecule has 2 unspecified atom stereocenters. The highest BCUT2D eigenvalue weighted by Crippen LogP contribution is 2.50. The molecule has 4 heteroatoms. The lowest BCUT2D eigenvalue weighted by Crippen LogP contribution is -2.42. The Morgan fingerprint density at radius 3 is 2.69 bits per heavy atom. The van der Waals surface area contributed by atoms with Crippen LogP contribution in [0.25, 0.3) is 10.8 Å². The van der Waals surface area contributed by atoms with E-state index in [0.29, 0.717) is 24.5 Å². The van der Waals surface area contributed by atoms with Crippen molar-refractivity contribution in [2.45, 2.75) is 37.7 Å². The Morgan fingerprint density at radius 1 is 1.12 bits per heavy atom. The molecule has 2 atom stereocenters. The number of hydrogen-bond donors (Lipinski definition) is 1. The molecule has 1 aliphatic heterocycles. The molecule has 2 fully saturated rings. The summed E-state index contributed by atoms with van der Waals surface area (Å²) in [6.07, 6.45) is 4.08. The van der Waals surface area contributed by atoms with Gasteiger partial charge in [0.15, 0.2) is 0 Å². The number of likely N-dealkylation sites (tertiary alicyclic amines) is 1. The second kappa shape index (κ2) is 7.77. The van der Waals surface area contributed by atoms with Gasteiger partial charge < -0.3 is 15.4 Å². The zero-order chi connectivity index (χ0) is 17.9. The number of ether oxygens (including phenoxy) is 1. The fraction of sp³-hybridized carbons (Fsp3) is 0.500. The second-order valence-corrected chi connectivity index (χ2v) is 7.55. The lowest BCUT2D eigenvalue weighted by molar-refractivity contribution is -0.135. The number of benzene rings is 2. The van der Waals surface area contributed by atoms with Crippen LogP contribution < -0.4 is 5.73 Å². The average Bonchev–Trinajstić information content (AvgIpc) is 3.48. The van der Waals surface area contributed by atoms with Gasteiger partial charge in [-0.1, -0.05) is 42.5 Å². The molecule has 4 nitrogen and oxygen atoms in total. The molecule has 0 bridgehead atoms. The highest BCUT2D eigenvalue weighted by atomic mass is 16.5. The quantitative estimate of drug-likeness (QED) is 0.812. The first-order valence-electron chi connectivity index (χ1n) is 9.86. The maximum absolute atomic E-state index is 12.9. The summed E-state index contributed by atoms with van der Waals surface area (Å²) in [5, 5.41) is 2.56. The molecule has 4 rings (SSSR count). The van der Waals surface area contributed by atoms with Crippen LogP contribution in [0.3, 0.4) is 0 Å². The minimum absolute atomic E-state index is 0.163. The lowest BCUT2D eigenvalue weighted by atomic mass is 9.99. The van der Waals surface area contributed by atoms with E-state index in [0.717, 1.165) is 45.4 Å². The predicted octanol–water partition coefficient (Wildman–Crippen LogP) is 3.30. The van der Waals surface area contributed by atoms with Gasteiger partial charge >= 0.3 is 0 Å². The van der Waals surface area contributed by atoms with Crippen LogP contribution >= 0.6 is 0 Å². The van der Waals surface area contributed by atoms with Gasteiger partial charge in [0.25, 0.3) is 0 Å². The fourth-order valence-electron chi connectivity index (χ4n) is 4.20. The summed E-state index contributed by atoms with van der Waals surface area (Å²) in [4.78, 5) is 15.0. The zero-order valence-corrected chi connectivity index (χ0v) is 15.3. The van der Waals surface area contributed by atoms with Gasteiger partial charge in [-0.25, -0.2) is 0 Å². The van der Waals surface area contributed by atoms with Gasteiger partial charge in [-0.15, -0.1) is 0 Å². The van der Waals surface area contributed by atoms with Crippen molar-refractivity contribution in [2.75, 3.05) is 26.2 Å². The smallest absolute Gasteiger partial charge is 0.226 e. The summed E-state index contributed by atoms with van der Waals surface area (Å²) in [6, 6.07) is 14.9. The van der Waals surface area contributed by atoms with E-state index in [1.165, 1.54) is 16.3 Å². The number of rotatable bonds is 6. The van der Waals surface area contributed by atoms with Gasteiger partial charge in [-0.2, -0.15) is 0 Å². The maximum atomic E-state index is 12.9. The van der Waals surface area contributed by atoms with Gasteiger partial charge in [0.05, 0.1) is 6.10 Å². The van der Waals surface area contributed by atoms with Gasteiger partial charge in [-0.05, 0) is 54.5 Å². The third-order valence-electron chi connectivity index (χ3n) is 5.79. The Labute approximate surface area is 155 Å². The standard InChI is InChI=1S/C22H28N2O2/c23-11-4-14-26-17-9-12-24(13-10-17)22(25)21-15-20(21)19-8-3-6-16-5-1-2-7-18(16)19/h1-3,5-8,17,20-21H,4,9-15,23H2. The van der Waals surface area contributed by atoms with Crippen LogP contribution in [-0.4, -0.2) is 43.2 Å². The van der Waals surface area contributed by atoms with Gasteiger partial charge in [0.1, 0.15) is 0 Å². The molecule has 2 N–H and O–H groups in total. The van der Waals surface area contributed by atoms with Crippen LogP contribution in [0.15, 0.2) is 42.5 Å². The van der Waals surface area contributed by atoms with Crippen molar-refractivity contribution in [3.05, 3.63) is 48.0 Å². The van der Waals surface area contributed by atoms with Crippen molar-refractivity contribution < 1.29 is 9.53 Å². The number of nitrogens with zero attached hydrogens (tertiary/aromatic N) is 1. The van der Waals surface area contributed by atoms with Crippen molar-refractivity contribution in [1.82, 2.24) is 4.90 Å². The number of fused-ring (bicyclic) bond motifs is 1. The van der Waals surface area contributed by atoms with E-state index in [9.17, 15) is 4.79 Å². The number of carbonyl (C=O) groups is 1. The Morgan fingerprint density at radius 2 is 1.88 bits per heavy atom. The van der Waals surface area contributed by atoms with E-state index in [1.54, 1.807) is 0 Å². The van der Waals surface area contributed by atoms with Crippen molar-refractivity contribution in [1.29, 1.82) is 0 Å². The molecular weight excluding hydrogens is 324 g/mol. The molecule has 1 saturated carbocycles. The number of hydrogen-bond acceptors (Lipinski definition) is 3. The molecule has 138 valence electrons. The summed E-state index contributed by atoms with van der Waals surface area (Å²) < 4.78 is 5.85. The van der Waals surface area contributed by atoms with Crippen LogP contribution in [0.2, 0.25) is 0 Å². The molecule has 1 amide bonds. The maximum Gasteiger partial charge on any atom is 0.226 e. The highest BCUT2D eigenvalue weighted by Gasteiger charge is 2.46. The monoisotopic (exact) mass is 352 g/mol. The minimum atomic E-state index is 0.163. The Bertz CT molecular complexity index is 762. The first kappa shape index (κ1) is 17.5. The van der Waals surface area contributed by atoms with Gasteiger partial charge in [-0.3, -0.25) is 4.79 Å². The van der Waals surface area contributed by atoms with E-state index < -0.39 is 0 Å². The summed E-state index contributed by atoms with van der Waals surface area (Å²) in [5.74, 6) is 0.881. The van der Waals surface area contributed by atoms with E-state index in [-0.39, 0.29) is 5.92 Å². The third kappa shape index (κ3) is 3.62. The highest BCUT2D eigenvalue weighted by molar-refractivity contribution is 5.89. The van der Waals surface area contributed by atoms with Crippen LogP contribution in [0.5, 0.6) is 0 Å². The molecule has 0 radical (unpaired) electrons. The van der Waals surface area contributed by atoms with Crippen molar-refractivity contribution in [3.8, 4) is 0 Å². The normalized spacial score (nSPS) is 23.3. The predicted molar refractivity (Wildman–Crippen MR) is 104 cm³/mol. The minimum Gasteiger partial charge on any atom is -0.378 e. The second-order valence-electron chi connectivity index (χ2n) is 7.55. The van der Waals surface area contributed by atoms with E-state index in [2.05, 4.69) is 47.4 Å². The van der Waals surface area contributed by atoms with Crippen LogP contribution in [-0.2, 0) is 9.53 Å². The molecular formula is C22H28N2O2. The first-order valence-corrected chi connectivity index (χ1v) is 9.86. The largest absolute Gasteiger partial charge is 0.378 e. The van der Waals surface area contributed by atoms with E-state index >= 15 is 0 Å². The topological polar surface area (TPSA) is 55.6 Å². The number of nitrogens with two attached hydrogens (primary N) is 1. The van der Waals surface area contributed by atoms with Crippen LogP contribution in [0.4, 0.5) is 0 Å². The van der Waals surface area contributed by atoms with Crippen molar-refractivity contribution in [3.63, 3.8) is 0 Å². The van der Waals surface area contributed by atoms with Crippen LogP contribution in [0, 0.1) is 5.92 Å². The first-order chi connectivity index (χ1) is 12.8. The molecule has 2 aliphatic rings. The summed E-state index contributed by atoms with van der Waals surface area (Å²) in [5.41, 5.74) is 6.84. The van der Waals surface area contributed by atoms with Crippen LogP contribution in [0.1, 0.15) is 37.2 Å². The molecule has 2 aromatic rings. The van der Waals surface area contributed by atoms with Gasteiger partial charge in [0.2, 0.25) is 5.91 Å². The van der Waals surface area contributed by atoms with Crippen molar-refractivity contribution >= 4 is 16.7 Å². The SMILES string of the molecule is NCCCOC1CCN(C(=O)C2CC2c2cccc3ccccc23)CC1. The molecule has 26 heavy (non-hydrogen) atoms. The van der Waals surface area contributed by atoms with Gasteiger partial charge in [0, 0.05) is 25.6 Å². The molecule has 1 saturated heterocycles. The van der Waals surface area contributed by atoms with Crippen molar-refractivity contribution in [2.24, 2.45) is 11.7 Å². The molecule has 1 aliphatic carbocycles. The molecule has 1 heterocycles. The molecule has 0 spiro atoms. The average molecular weight is 352 g/mol. The summed E-state index contributed by atoms with van der Waals surface area (Å²) >= 11 is 0. The lowest BCUT2D eigenvalue weighted by Gasteiger charge is -2.32.